The summed E-state index contributed by atoms with van der Waals surface area (Å²) in [6, 6.07) is 15.9. The van der Waals surface area contributed by atoms with Crippen molar-refractivity contribution in [2.45, 2.75) is 6.54 Å². The highest BCUT2D eigenvalue weighted by atomic mass is 16.5. The Morgan fingerprint density at radius 2 is 1.61 bits per heavy atom. The minimum atomic E-state index is -0.839. The Morgan fingerprint density at radius 1 is 0.968 bits per heavy atom. The fourth-order valence-corrected chi connectivity index (χ4v) is 3.50. The van der Waals surface area contributed by atoms with E-state index in [-0.39, 0.29) is 0 Å². The number of nitrogens with one attached hydrogen (secondary N) is 1. The molecule has 0 saturated carbocycles. The maximum Gasteiger partial charge on any atom is 0.407 e. The number of piperazine rings is 1. The van der Waals surface area contributed by atoms with Crippen molar-refractivity contribution in [3.63, 3.8) is 0 Å². The maximum atomic E-state index is 11.0. The van der Waals surface area contributed by atoms with Crippen molar-refractivity contribution in [1.29, 1.82) is 0 Å². The number of ether oxygens (including phenoxy) is 1. The molecule has 1 fully saturated rings. The summed E-state index contributed by atoms with van der Waals surface area (Å²) in [5.74, 6) is 1.35. The Labute approximate surface area is 181 Å². The normalized spacial score (nSPS) is 14.3. The van der Waals surface area contributed by atoms with Crippen LogP contribution >= 0.6 is 0 Å². The second-order valence-electron chi connectivity index (χ2n) is 7.39. The van der Waals surface area contributed by atoms with Crippen molar-refractivity contribution in [3.8, 4) is 16.9 Å². The van der Waals surface area contributed by atoms with Gasteiger partial charge in [0, 0.05) is 56.4 Å². The first-order valence-electron chi connectivity index (χ1n) is 10.1. The van der Waals surface area contributed by atoms with Crippen LogP contribution in [0.4, 0.5) is 16.4 Å². The van der Waals surface area contributed by atoms with Crippen molar-refractivity contribution < 1.29 is 14.6 Å². The zero-order chi connectivity index (χ0) is 21.6. The van der Waals surface area contributed by atoms with E-state index in [1.165, 1.54) is 10.5 Å². The molecular formula is C23H25N5O3. The largest absolute Gasteiger partial charge is 0.497 e. The first-order valence-corrected chi connectivity index (χ1v) is 10.1. The van der Waals surface area contributed by atoms with E-state index in [0.29, 0.717) is 19.0 Å². The van der Waals surface area contributed by atoms with Gasteiger partial charge in [-0.15, -0.1) is 0 Å². The molecule has 0 spiro atoms. The number of hydrogen-bond acceptors (Lipinski definition) is 6. The summed E-state index contributed by atoms with van der Waals surface area (Å²) in [5, 5.41) is 12.3. The topological polar surface area (TPSA) is 90.8 Å². The van der Waals surface area contributed by atoms with Gasteiger partial charge in [0.05, 0.1) is 7.11 Å². The van der Waals surface area contributed by atoms with E-state index in [2.05, 4.69) is 32.3 Å². The molecule has 3 aromatic rings. The number of nitrogens with zero attached hydrogens (tertiary/aromatic N) is 4. The molecule has 1 amide bonds. The summed E-state index contributed by atoms with van der Waals surface area (Å²) in [7, 11) is 1.65. The quantitative estimate of drug-likeness (QED) is 0.630. The molecule has 0 unspecified atom stereocenters. The molecule has 0 aliphatic carbocycles. The average molecular weight is 419 g/mol. The second kappa shape index (κ2) is 9.44. The number of carboxylic acid groups (broad SMARTS) is 1. The van der Waals surface area contributed by atoms with E-state index < -0.39 is 6.09 Å². The molecule has 4 rings (SSSR count). The third-order valence-corrected chi connectivity index (χ3v) is 5.33. The summed E-state index contributed by atoms with van der Waals surface area (Å²) in [6.45, 7) is 3.42. The number of amides is 1. The summed E-state index contributed by atoms with van der Waals surface area (Å²) in [6.07, 6.45) is 2.75. The van der Waals surface area contributed by atoms with Crippen LogP contribution in [-0.2, 0) is 6.54 Å². The lowest BCUT2D eigenvalue weighted by atomic mass is 10.1. The van der Waals surface area contributed by atoms with Crippen LogP contribution in [0, 0.1) is 0 Å². The fourth-order valence-electron chi connectivity index (χ4n) is 3.50. The number of anilines is 2. The van der Waals surface area contributed by atoms with Crippen LogP contribution in [0.5, 0.6) is 5.75 Å². The van der Waals surface area contributed by atoms with E-state index in [1.807, 2.05) is 36.4 Å². The summed E-state index contributed by atoms with van der Waals surface area (Å²) in [4.78, 5) is 23.6. The van der Waals surface area contributed by atoms with Crippen molar-refractivity contribution in [2.75, 3.05) is 38.6 Å². The molecule has 8 heteroatoms. The van der Waals surface area contributed by atoms with Crippen LogP contribution in [0.1, 0.15) is 5.56 Å². The smallest absolute Gasteiger partial charge is 0.407 e. The second-order valence-corrected chi connectivity index (χ2v) is 7.39. The number of hydrogen-bond donors (Lipinski definition) is 2. The van der Waals surface area contributed by atoms with E-state index in [9.17, 15) is 4.79 Å². The first-order chi connectivity index (χ1) is 15.1. The highest BCUT2D eigenvalue weighted by molar-refractivity contribution is 5.65. The number of aromatic nitrogens is 2. The summed E-state index contributed by atoms with van der Waals surface area (Å²) in [5.41, 5.74) is 4.06. The van der Waals surface area contributed by atoms with Crippen molar-refractivity contribution in [1.82, 2.24) is 19.8 Å². The Hall–Kier alpha value is -3.65. The lowest BCUT2D eigenvalue weighted by molar-refractivity contribution is 0.103. The SMILES string of the molecule is COc1ccc(-c2cnc(Nc3ccc(CN4CCN(C(=O)O)CC4)cc3)nc2)cc1. The van der Waals surface area contributed by atoms with Gasteiger partial charge in [0.15, 0.2) is 0 Å². The van der Waals surface area contributed by atoms with Crippen molar-refractivity contribution in [2.24, 2.45) is 0 Å². The molecule has 0 atom stereocenters. The van der Waals surface area contributed by atoms with Crippen LogP contribution in [0.25, 0.3) is 11.1 Å². The predicted octanol–water partition coefficient (Wildman–Crippen LogP) is 3.69. The fraction of sp³-hybridized carbons (Fsp3) is 0.261. The van der Waals surface area contributed by atoms with Gasteiger partial charge >= 0.3 is 6.09 Å². The Morgan fingerprint density at radius 3 is 2.19 bits per heavy atom. The number of carbonyl (C=O) groups is 1. The van der Waals surface area contributed by atoms with Crippen LogP contribution in [0.15, 0.2) is 60.9 Å². The highest BCUT2D eigenvalue weighted by Crippen LogP contribution is 2.22. The molecule has 1 aliphatic rings. The van der Waals surface area contributed by atoms with Crippen LogP contribution in [-0.4, -0.2) is 64.3 Å². The first kappa shape index (κ1) is 20.6. The lowest BCUT2D eigenvalue weighted by Crippen LogP contribution is -2.47. The zero-order valence-corrected chi connectivity index (χ0v) is 17.4. The number of methoxy groups -OCH3 is 1. The zero-order valence-electron chi connectivity index (χ0n) is 17.4. The summed E-state index contributed by atoms with van der Waals surface area (Å²) < 4.78 is 5.19. The molecule has 1 aromatic heterocycles. The van der Waals surface area contributed by atoms with E-state index in [1.54, 1.807) is 19.5 Å². The minimum Gasteiger partial charge on any atom is -0.497 e. The molecule has 1 saturated heterocycles. The molecule has 31 heavy (non-hydrogen) atoms. The van der Waals surface area contributed by atoms with Crippen LogP contribution < -0.4 is 10.1 Å². The average Bonchev–Trinajstić information content (AvgIpc) is 2.81. The maximum absolute atomic E-state index is 11.0. The molecule has 0 bridgehead atoms. The highest BCUT2D eigenvalue weighted by Gasteiger charge is 2.20. The molecule has 2 aromatic carbocycles. The third kappa shape index (κ3) is 5.29. The molecule has 2 heterocycles. The van der Waals surface area contributed by atoms with Gasteiger partial charge in [-0.3, -0.25) is 4.90 Å². The van der Waals surface area contributed by atoms with Crippen LogP contribution in [0.2, 0.25) is 0 Å². The number of benzene rings is 2. The van der Waals surface area contributed by atoms with E-state index in [4.69, 9.17) is 9.84 Å². The Bertz CT molecular complexity index is 999. The van der Waals surface area contributed by atoms with Crippen LogP contribution in [0.3, 0.4) is 0 Å². The van der Waals surface area contributed by atoms with Crippen molar-refractivity contribution >= 4 is 17.7 Å². The van der Waals surface area contributed by atoms with Crippen molar-refractivity contribution in [3.05, 3.63) is 66.5 Å². The minimum absolute atomic E-state index is 0.537. The third-order valence-electron chi connectivity index (χ3n) is 5.33. The lowest BCUT2D eigenvalue weighted by Gasteiger charge is -2.33. The van der Waals surface area contributed by atoms with Gasteiger partial charge in [0.1, 0.15) is 5.75 Å². The molecule has 8 nitrogen and oxygen atoms in total. The van der Waals surface area contributed by atoms with E-state index >= 15 is 0 Å². The van der Waals surface area contributed by atoms with Gasteiger partial charge in [-0.25, -0.2) is 14.8 Å². The molecular weight excluding hydrogens is 394 g/mol. The van der Waals surface area contributed by atoms with Gasteiger partial charge in [-0.05, 0) is 35.4 Å². The van der Waals surface area contributed by atoms with Gasteiger partial charge in [0.2, 0.25) is 5.95 Å². The van der Waals surface area contributed by atoms with E-state index in [0.717, 1.165) is 42.2 Å². The molecule has 1 aliphatic heterocycles. The monoisotopic (exact) mass is 419 g/mol. The van der Waals surface area contributed by atoms with Gasteiger partial charge in [0.25, 0.3) is 0 Å². The Balaban J connectivity index is 1.32. The van der Waals surface area contributed by atoms with Gasteiger partial charge in [-0.1, -0.05) is 24.3 Å². The predicted molar refractivity (Wildman–Crippen MR) is 119 cm³/mol. The molecule has 2 N–H and O–H groups in total. The molecule has 0 radical (unpaired) electrons. The van der Waals surface area contributed by atoms with Gasteiger partial charge in [-0.2, -0.15) is 0 Å². The number of rotatable bonds is 6. The Kier molecular flexibility index (Phi) is 6.28. The molecule has 160 valence electrons. The standard InChI is InChI=1S/C23H25N5O3/c1-31-21-8-4-18(5-9-21)19-14-24-22(25-15-19)26-20-6-2-17(3-7-20)16-27-10-12-28(13-11-27)23(29)30/h2-9,14-15H,10-13,16H2,1H3,(H,29,30)(H,24,25,26). The summed E-state index contributed by atoms with van der Waals surface area (Å²) >= 11 is 0. The van der Waals surface area contributed by atoms with Gasteiger partial charge < -0.3 is 20.1 Å².